The van der Waals surface area contributed by atoms with Gasteiger partial charge in [0.1, 0.15) is 12.4 Å². The van der Waals surface area contributed by atoms with Crippen LogP contribution >= 0.6 is 15.9 Å². The zero-order valence-corrected chi connectivity index (χ0v) is 27.1. The lowest BCUT2D eigenvalue weighted by Gasteiger charge is -2.24. The largest absolute Gasteiger partial charge is 0.492 e. The van der Waals surface area contributed by atoms with E-state index in [0.29, 0.717) is 37.5 Å². The summed E-state index contributed by atoms with van der Waals surface area (Å²) in [6.45, 7) is 3.65. The van der Waals surface area contributed by atoms with Crippen molar-refractivity contribution in [3.05, 3.63) is 112 Å². The van der Waals surface area contributed by atoms with Gasteiger partial charge >= 0.3 is 0 Å². The van der Waals surface area contributed by atoms with Gasteiger partial charge in [-0.2, -0.15) is 0 Å². The van der Waals surface area contributed by atoms with Crippen molar-refractivity contribution in [2.24, 2.45) is 0 Å². The zero-order chi connectivity index (χ0) is 31.0. The number of amides is 1. The predicted molar refractivity (Wildman–Crippen MR) is 183 cm³/mol. The van der Waals surface area contributed by atoms with Crippen LogP contribution in [-0.4, -0.2) is 62.0 Å². The second-order valence-corrected chi connectivity index (χ2v) is 12.4. The fourth-order valence-corrected chi connectivity index (χ4v) is 6.21. The summed E-state index contributed by atoms with van der Waals surface area (Å²) in [6, 6.07) is 27.2. The van der Waals surface area contributed by atoms with Crippen LogP contribution in [0.4, 0.5) is 5.69 Å². The number of rotatable bonds is 12. The normalized spacial score (nSPS) is 13.8. The molecule has 0 spiro atoms. The van der Waals surface area contributed by atoms with Gasteiger partial charge in [-0.15, -0.1) is 0 Å². The highest BCUT2D eigenvalue weighted by Crippen LogP contribution is 2.30. The Balaban J connectivity index is 1.06. The van der Waals surface area contributed by atoms with Crippen molar-refractivity contribution in [3.63, 3.8) is 0 Å². The number of halogens is 1. The molecule has 0 unspecified atom stereocenters. The van der Waals surface area contributed by atoms with E-state index in [1.165, 1.54) is 27.1 Å². The molecular formula is C37H38BrN3O4. The number of carbonyl (C=O) groups is 1. The maximum atomic E-state index is 13.0. The molecule has 8 heteroatoms. The van der Waals surface area contributed by atoms with E-state index in [-0.39, 0.29) is 12.2 Å². The van der Waals surface area contributed by atoms with Crippen molar-refractivity contribution in [1.29, 1.82) is 0 Å². The number of pyridine rings is 1. The first kappa shape index (κ1) is 31.2. The van der Waals surface area contributed by atoms with Gasteiger partial charge in [0.05, 0.1) is 18.8 Å². The zero-order valence-electron chi connectivity index (χ0n) is 25.5. The highest BCUT2D eigenvalue weighted by Gasteiger charge is 2.19. The number of hydrogen-bond acceptors (Lipinski definition) is 6. The Morgan fingerprint density at radius 1 is 0.956 bits per heavy atom. The maximum absolute atomic E-state index is 13.0. The van der Waals surface area contributed by atoms with Crippen LogP contribution in [0.1, 0.15) is 34.3 Å². The number of nitrogens with zero attached hydrogens (tertiary/aromatic N) is 2. The third kappa shape index (κ3) is 8.07. The summed E-state index contributed by atoms with van der Waals surface area (Å²) in [5.74, 6) is 0.515. The van der Waals surface area contributed by atoms with Gasteiger partial charge in [0.2, 0.25) is 0 Å². The Morgan fingerprint density at radius 3 is 2.42 bits per heavy atom. The van der Waals surface area contributed by atoms with Crippen molar-refractivity contribution in [3.8, 4) is 5.75 Å². The molecule has 1 fully saturated rings. The van der Waals surface area contributed by atoms with Gasteiger partial charge in [0.15, 0.2) is 6.29 Å². The molecule has 4 aromatic carbocycles. The molecule has 5 aromatic rings. The quantitative estimate of drug-likeness (QED) is 0.138. The van der Waals surface area contributed by atoms with E-state index in [4.69, 9.17) is 14.2 Å². The third-order valence-corrected chi connectivity index (χ3v) is 8.60. The molecule has 45 heavy (non-hydrogen) atoms. The predicted octanol–water partition coefficient (Wildman–Crippen LogP) is 7.65. The molecule has 0 bridgehead atoms. The molecule has 1 saturated heterocycles. The maximum Gasteiger partial charge on any atom is 0.257 e. The highest BCUT2D eigenvalue weighted by atomic mass is 79.9. The molecule has 6 rings (SSSR count). The first-order chi connectivity index (χ1) is 22.0. The summed E-state index contributed by atoms with van der Waals surface area (Å²) in [5.41, 5.74) is 3.49. The standard InChI is InChI=1S/C37H38BrN3O4/c1-41(15-6-12-34-32-10-4-2-8-26(32)20-27-9-3-5-11-33(27)34)16-19-43-31-13-14-35(28(22-31)23-36-44-17-7-18-45-36)40-37(42)29-21-30(38)25-39-24-29/h2-5,8-11,13-14,20-22,24-25,36H,6-7,12,15-19,23H2,1H3,(H,40,42). The molecule has 0 atom stereocenters. The minimum absolute atomic E-state index is 0.234. The number of ether oxygens (including phenoxy) is 3. The number of likely N-dealkylation sites (N-methyl/N-ethyl adjacent to an activating group) is 1. The smallest absolute Gasteiger partial charge is 0.257 e. The first-order valence-electron chi connectivity index (χ1n) is 15.5. The Morgan fingerprint density at radius 2 is 1.69 bits per heavy atom. The van der Waals surface area contributed by atoms with Crippen LogP contribution in [0.2, 0.25) is 0 Å². The number of hydrogen-bond donors (Lipinski definition) is 1. The molecular weight excluding hydrogens is 630 g/mol. The van der Waals surface area contributed by atoms with Crippen LogP contribution in [-0.2, 0) is 22.3 Å². The number of nitrogens with one attached hydrogen (secondary N) is 1. The lowest BCUT2D eigenvalue weighted by molar-refractivity contribution is -0.176. The first-order valence-corrected chi connectivity index (χ1v) is 16.3. The van der Waals surface area contributed by atoms with Crippen molar-refractivity contribution >= 4 is 49.1 Å². The van der Waals surface area contributed by atoms with E-state index in [0.717, 1.165) is 48.1 Å². The molecule has 1 amide bonds. The van der Waals surface area contributed by atoms with E-state index in [1.54, 1.807) is 18.5 Å². The summed E-state index contributed by atoms with van der Waals surface area (Å²) in [4.78, 5) is 19.4. The van der Waals surface area contributed by atoms with Crippen LogP contribution in [0.5, 0.6) is 5.75 Å². The number of benzene rings is 4. The van der Waals surface area contributed by atoms with Gasteiger partial charge in [-0.3, -0.25) is 9.78 Å². The lowest BCUT2D eigenvalue weighted by atomic mass is 9.94. The number of aromatic nitrogens is 1. The molecule has 0 saturated carbocycles. The monoisotopic (exact) mass is 667 g/mol. The minimum atomic E-state index is -0.359. The van der Waals surface area contributed by atoms with E-state index >= 15 is 0 Å². The van der Waals surface area contributed by atoms with Gasteiger partial charge in [0, 0.05) is 35.5 Å². The van der Waals surface area contributed by atoms with Crippen LogP contribution in [0, 0.1) is 0 Å². The number of fused-ring (bicyclic) bond motifs is 2. The Bertz CT molecular complexity index is 1720. The molecule has 2 heterocycles. The molecule has 0 radical (unpaired) electrons. The van der Waals surface area contributed by atoms with Crippen LogP contribution in [0.3, 0.4) is 0 Å². The molecule has 7 nitrogen and oxygen atoms in total. The van der Waals surface area contributed by atoms with Crippen molar-refractivity contribution < 1.29 is 19.0 Å². The molecule has 1 aromatic heterocycles. The van der Waals surface area contributed by atoms with E-state index in [2.05, 4.69) is 92.8 Å². The fraction of sp³-hybridized carbons (Fsp3) is 0.297. The Labute approximate surface area is 272 Å². The Kier molecular flexibility index (Phi) is 10.4. The highest BCUT2D eigenvalue weighted by molar-refractivity contribution is 9.10. The number of aryl methyl sites for hydroxylation is 1. The topological polar surface area (TPSA) is 72.9 Å². The minimum Gasteiger partial charge on any atom is -0.492 e. The van der Waals surface area contributed by atoms with Crippen LogP contribution < -0.4 is 10.1 Å². The molecule has 1 N–H and O–H groups in total. The fourth-order valence-electron chi connectivity index (χ4n) is 5.85. The third-order valence-electron chi connectivity index (χ3n) is 8.17. The van der Waals surface area contributed by atoms with Crippen molar-refractivity contribution in [2.45, 2.75) is 32.0 Å². The second kappa shape index (κ2) is 15.0. The average Bonchev–Trinajstić information content (AvgIpc) is 3.06. The number of anilines is 1. The molecule has 232 valence electrons. The molecule has 1 aliphatic heterocycles. The summed E-state index contributed by atoms with van der Waals surface area (Å²) in [7, 11) is 2.14. The molecule has 1 aliphatic rings. The van der Waals surface area contributed by atoms with Gasteiger partial charge in [-0.05, 0) is 112 Å². The SMILES string of the molecule is CN(CCCc1c2ccccc2cc2ccccc12)CCOc1ccc(NC(=O)c2cncc(Br)c2)c(CC2OCCCO2)c1. The number of carbonyl (C=O) groups excluding carboxylic acids is 1. The lowest BCUT2D eigenvalue weighted by Crippen LogP contribution is -2.27. The second-order valence-electron chi connectivity index (χ2n) is 11.4. The van der Waals surface area contributed by atoms with Crippen molar-refractivity contribution in [2.75, 3.05) is 45.3 Å². The van der Waals surface area contributed by atoms with Gasteiger partial charge in [0.25, 0.3) is 5.91 Å². The van der Waals surface area contributed by atoms with Gasteiger partial charge < -0.3 is 24.4 Å². The van der Waals surface area contributed by atoms with Crippen LogP contribution in [0.25, 0.3) is 21.5 Å². The summed E-state index contributed by atoms with van der Waals surface area (Å²) < 4.78 is 18.6. The van der Waals surface area contributed by atoms with E-state index in [1.807, 2.05) is 18.2 Å². The van der Waals surface area contributed by atoms with Crippen LogP contribution in [0.15, 0.2) is 95.7 Å². The van der Waals surface area contributed by atoms with E-state index < -0.39 is 0 Å². The Hall–Kier alpha value is -3.82. The summed E-state index contributed by atoms with van der Waals surface area (Å²) in [6.07, 6.45) is 6.30. The van der Waals surface area contributed by atoms with Crippen molar-refractivity contribution in [1.82, 2.24) is 9.88 Å². The average molecular weight is 669 g/mol. The summed E-state index contributed by atoms with van der Waals surface area (Å²) in [5, 5.41) is 8.31. The van der Waals surface area contributed by atoms with Gasteiger partial charge in [-0.25, -0.2) is 0 Å². The van der Waals surface area contributed by atoms with Gasteiger partial charge in [-0.1, -0.05) is 48.5 Å². The summed E-state index contributed by atoms with van der Waals surface area (Å²) >= 11 is 3.39. The molecule has 0 aliphatic carbocycles. The van der Waals surface area contributed by atoms with E-state index in [9.17, 15) is 4.79 Å².